The molecule has 0 aromatic rings. The minimum absolute atomic E-state index is 0.555. The van der Waals surface area contributed by atoms with Crippen molar-refractivity contribution in [1.82, 2.24) is 0 Å². The minimum atomic E-state index is -2.21. The zero-order valence-corrected chi connectivity index (χ0v) is 8.44. The van der Waals surface area contributed by atoms with E-state index in [0.717, 1.165) is 6.92 Å². The SMILES string of the molecule is CC(O)(C[N+](=O)[O-])C(CC[N+](=O)[O-])[N+](=O)[O-]. The van der Waals surface area contributed by atoms with E-state index in [9.17, 15) is 35.4 Å². The van der Waals surface area contributed by atoms with Crippen LogP contribution in [0, 0.1) is 30.3 Å². The van der Waals surface area contributed by atoms with Crippen LogP contribution in [-0.2, 0) is 0 Å². The van der Waals surface area contributed by atoms with Crippen molar-refractivity contribution in [3.05, 3.63) is 30.3 Å². The first-order valence-corrected chi connectivity index (χ1v) is 4.26. The van der Waals surface area contributed by atoms with E-state index in [1.165, 1.54) is 0 Å². The van der Waals surface area contributed by atoms with Crippen molar-refractivity contribution in [2.45, 2.75) is 25.0 Å². The van der Waals surface area contributed by atoms with Crippen molar-refractivity contribution in [3.63, 3.8) is 0 Å². The summed E-state index contributed by atoms with van der Waals surface area (Å²) < 4.78 is 0. The summed E-state index contributed by atoms with van der Waals surface area (Å²) in [4.78, 5) is 28.1. The molecule has 0 aromatic heterocycles. The largest absolute Gasteiger partial charge is 0.377 e. The molecular formula is C6H11N3O7. The van der Waals surface area contributed by atoms with Crippen molar-refractivity contribution in [1.29, 1.82) is 0 Å². The predicted molar refractivity (Wildman–Crippen MR) is 49.7 cm³/mol. The fourth-order valence-electron chi connectivity index (χ4n) is 1.24. The third-order valence-corrected chi connectivity index (χ3v) is 2.01. The summed E-state index contributed by atoms with van der Waals surface area (Å²) in [7, 11) is 0. The molecule has 0 rings (SSSR count). The topological polar surface area (TPSA) is 150 Å². The summed E-state index contributed by atoms with van der Waals surface area (Å²) in [6, 6.07) is -1.73. The van der Waals surface area contributed by atoms with Gasteiger partial charge in [-0.25, -0.2) is 0 Å². The molecule has 0 amide bonds. The smallest absolute Gasteiger partial charge is 0.253 e. The Hall–Kier alpha value is -1.84. The molecule has 0 heterocycles. The maximum absolute atomic E-state index is 10.5. The van der Waals surface area contributed by atoms with E-state index in [1.54, 1.807) is 0 Å². The van der Waals surface area contributed by atoms with Crippen LogP contribution < -0.4 is 0 Å². The molecule has 0 saturated heterocycles. The van der Waals surface area contributed by atoms with Crippen molar-refractivity contribution >= 4 is 0 Å². The lowest BCUT2D eigenvalue weighted by Crippen LogP contribution is -2.50. The Kier molecular flexibility index (Phi) is 4.69. The lowest BCUT2D eigenvalue weighted by atomic mass is 9.94. The van der Waals surface area contributed by atoms with Gasteiger partial charge in [0.05, 0.1) is 6.42 Å². The Balaban J connectivity index is 4.68. The summed E-state index contributed by atoms with van der Waals surface area (Å²) in [6.07, 6.45) is -0.555. The van der Waals surface area contributed by atoms with Gasteiger partial charge in [-0.2, -0.15) is 0 Å². The highest BCUT2D eigenvalue weighted by Gasteiger charge is 2.46. The van der Waals surface area contributed by atoms with Gasteiger partial charge in [0, 0.05) is 14.8 Å². The average Bonchev–Trinajstić information content (AvgIpc) is 1.98. The van der Waals surface area contributed by atoms with Gasteiger partial charge >= 0.3 is 0 Å². The molecule has 2 unspecified atom stereocenters. The lowest BCUT2D eigenvalue weighted by Gasteiger charge is -2.21. The van der Waals surface area contributed by atoms with Crippen molar-refractivity contribution in [2.24, 2.45) is 0 Å². The van der Waals surface area contributed by atoms with Crippen LogP contribution in [0.1, 0.15) is 13.3 Å². The van der Waals surface area contributed by atoms with E-state index in [4.69, 9.17) is 0 Å². The maximum atomic E-state index is 10.5. The van der Waals surface area contributed by atoms with Crippen LogP contribution in [0.2, 0.25) is 0 Å². The molecule has 1 N–H and O–H groups in total. The molecule has 0 aliphatic carbocycles. The number of hydrogen-bond donors (Lipinski definition) is 1. The van der Waals surface area contributed by atoms with Gasteiger partial charge in [-0.05, 0) is 6.92 Å². The molecule has 0 fully saturated rings. The van der Waals surface area contributed by atoms with Crippen LogP contribution >= 0.6 is 0 Å². The first-order valence-electron chi connectivity index (χ1n) is 4.26. The molecule has 16 heavy (non-hydrogen) atoms. The molecule has 0 aliphatic heterocycles. The van der Waals surface area contributed by atoms with Gasteiger partial charge in [-0.15, -0.1) is 0 Å². The van der Waals surface area contributed by atoms with Gasteiger partial charge < -0.3 is 5.11 Å². The Morgan fingerprint density at radius 3 is 2.00 bits per heavy atom. The first-order chi connectivity index (χ1) is 7.16. The van der Waals surface area contributed by atoms with E-state index in [1.807, 2.05) is 0 Å². The van der Waals surface area contributed by atoms with Gasteiger partial charge in [0.1, 0.15) is 0 Å². The molecule has 92 valence electrons. The molecule has 0 bridgehead atoms. The molecule has 2 atom stereocenters. The van der Waals surface area contributed by atoms with E-state index in [0.29, 0.717) is 0 Å². The van der Waals surface area contributed by atoms with Crippen LogP contribution in [0.3, 0.4) is 0 Å². The molecule has 10 heteroatoms. The van der Waals surface area contributed by atoms with Crippen LogP contribution in [0.25, 0.3) is 0 Å². The number of nitro groups is 3. The van der Waals surface area contributed by atoms with Gasteiger partial charge in [0.25, 0.3) is 6.04 Å². The first kappa shape index (κ1) is 14.2. The second-order valence-electron chi connectivity index (χ2n) is 3.49. The summed E-state index contributed by atoms with van der Waals surface area (Å²) in [5.41, 5.74) is -2.21. The molecule has 0 radical (unpaired) electrons. The van der Waals surface area contributed by atoms with Gasteiger partial charge in [-0.3, -0.25) is 30.3 Å². The Bertz CT molecular complexity index is 302. The quantitative estimate of drug-likeness (QED) is 0.455. The Morgan fingerprint density at radius 1 is 1.19 bits per heavy atom. The van der Waals surface area contributed by atoms with E-state index in [-0.39, 0.29) is 0 Å². The number of rotatable bonds is 7. The summed E-state index contributed by atoms with van der Waals surface area (Å²) in [5.74, 6) is 0. The molecule has 10 nitrogen and oxygen atoms in total. The zero-order chi connectivity index (χ0) is 12.9. The highest BCUT2D eigenvalue weighted by atomic mass is 16.6. The molecular weight excluding hydrogens is 226 g/mol. The Labute approximate surface area is 89.3 Å². The monoisotopic (exact) mass is 237 g/mol. The normalized spacial score (nSPS) is 16.1. The standard InChI is InChI=1S/C6H11N3O7/c1-6(10,4-8(13)14)5(9(15)16)2-3-7(11)12/h5,10H,2-4H2,1H3. The maximum Gasteiger partial charge on any atom is 0.253 e. The lowest BCUT2D eigenvalue weighted by molar-refractivity contribution is -0.581. The second-order valence-corrected chi connectivity index (χ2v) is 3.49. The van der Waals surface area contributed by atoms with Crippen LogP contribution in [0.4, 0.5) is 0 Å². The van der Waals surface area contributed by atoms with Gasteiger partial charge in [-0.1, -0.05) is 0 Å². The van der Waals surface area contributed by atoms with E-state index < -0.39 is 45.9 Å². The van der Waals surface area contributed by atoms with Crippen LogP contribution in [0.5, 0.6) is 0 Å². The molecule has 0 saturated carbocycles. The summed E-state index contributed by atoms with van der Waals surface area (Å²) >= 11 is 0. The molecule has 0 aliphatic rings. The highest BCUT2D eigenvalue weighted by molar-refractivity contribution is 4.81. The fraction of sp³-hybridized carbons (Fsp3) is 1.00. The highest BCUT2D eigenvalue weighted by Crippen LogP contribution is 2.16. The van der Waals surface area contributed by atoms with Gasteiger partial charge in [0.15, 0.2) is 5.60 Å². The third-order valence-electron chi connectivity index (χ3n) is 2.01. The van der Waals surface area contributed by atoms with Gasteiger partial charge in [0.2, 0.25) is 13.1 Å². The predicted octanol–water partition coefficient (Wildman–Crippen LogP) is -0.674. The molecule has 0 aromatic carbocycles. The van der Waals surface area contributed by atoms with Crippen LogP contribution in [0.15, 0.2) is 0 Å². The number of hydrogen-bond acceptors (Lipinski definition) is 7. The van der Waals surface area contributed by atoms with E-state index in [2.05, 4.69) is 0 Å². The van der Waals surface area contributed by atoms with Crippen molar-refractivity contribution < 1.29 is 19.9 Å². The van der Waals surface area contributed by atoms with Crippen molar-refractivity contribution in [2.75, 3.05) is 13.1 Å². The second kappa shape index (κ2) is 5.30. The third kappa shape index (κ3) is 4.59. The summed E-state index contributed by atoms with van der Waals surface area (Å²) in [5, 5.41) is 40.3. The minimum Gasteiger partial charge on any atom is -0.377 e. The average molecular weight is 237 g/mol. The number of aliphatic hydroxyl groups is 1. The van der Waals surface area contributed by atoms with E-state index >= 15 is 0 Å². The summed E-state index contributed by atoms with van der Waals surface area (Å²) in [6.45, 7) is -0.834. The Morgan fingerprint density at radius 2 is 1.69 bits per heavy atom. The zero-order valence-electron chi connectivity index (χ0n) is 8.44. The molecule has 0 spiro atoms. The number of nitrogens with zero attached hydrogens (tertiary/aromatic N) is 3. The van der Waals surface area contributed by atoms with Crippen molar-refractivity contribution in [3.8, 4) is 0 Å². The fourth-order valence-corrected chi connectivity index (χ4v) is 1.24. The van der Waals surface area contributed by atoms with Crippen LogP contribution in [-0.4, -0.2) is 44.6 Å².